The molecular weight excluding hydrogens is 421 g/mol. The monoisotopic (exact) mass is 449 g/mol. The largest absolute Gasteiger partial charge is 0.508 e. The minimum atomic E-state index is -0.479. The third kappa shape index (κ3) is 5.31. The Hall–Kier alpha value is -3.45. The molecule has 0 saturated carbocycles. The Morgan fingerprint density at radius 1 is 1.21 bits per heavy atom. The second-order valence-corrected chi connectivity index (χ2v) is 8.45. The van der Waals surface area contributed by atoms with E-state index in [1.807, 2.05) is 19.2 Å². The van der Waals surface area contributed by atoms with E-state index in [1.165, 1.54) is 12.1 Å². The van der Waals surface area contributed by atoms with E-state index >= 15 is 0 Å². The number of rotatable bonds is 6. The van der Waals surface area contributed by atoms with Crippen molar-refractivity contribution in [3.8, 4) is 5.75 Å². The number of fused-ring (bicyclic) bond motifs is 1. The van der Waals surface area contributed by atoms with Crippen LogP contribution in [0.1, 0.15) is 52.1 Å². The predicted molar refractivity (Wildman–Crippen MR) is 125 cm³/mol. The molecule has 0 spiro atoms. The fourth-order valence-electron chi connectivity index (χ4n) is 4.39. The summed E-state index contributed by atoms with van der Waals surface area (Å²) in [5.41, 5.74) is 4.86. The maximum atomic E-state index is 13.7. The van der Waals surface area contributed by atoms with Gasteiger partial charge in [0.2, 0.25) is 0 Å². The van der Waals surface area contributed by atoms with Gasteiger partial charge < -0.3 is 15.5 Å². The molecule has 2 aromatic carbocycles. The minimum Gasteiger partial charge on any atom is -0.508 e. The highest BCUT2D eigenvalue weighted by Gasteiger charge is 2.26. The number of allylic oxidation sites excluding steroid dienone is 1. The number of phenolic OH excluding ortho intramolecular Hbond substituents is 1. The number of aliphatic hydroxyl groups excluding tert-OH is 1. The number of aromatic hydroxyl groups is 1. The average Bonchev–Trinajstić information content (AvgIpc) is 2.98. The molecule has 0 bridgehead atoms. The molecule has 1 atom stereocenters. The number of amides is 1. The Balaban J connectivity index is 1.60. The smallest absolute Gasteiger partial charge is 0.272 e. The molecule has 33 heavy (non-hydrogen) atoms. The lowest BCUT2D eigenvalue weighted by molar-refractivity contribution is 0.0909. The van der Waals surface area contributed by atoms with Crippen molar-refractivity contribution in [3.63, 3.8) is 0 Å². The summed E-state index contributed by atoms with van der Waals surface area (Å²) in [5.74, 6) is -0.440. The van der Waals surface area contributed by atoms with Gasteiger partial charge in [-0.25, -0.2) is 4.39 Å². The van der Waals surface area contributed by atoms with Crippen molar-refractivity contribution in [2.24, 2.45) is 7.05 Å². The molecule has 172 valence electrons. The first-order chi connectivity index (χ1) is 15.9. The highest BCUT2D eigenvalue weighted by Crippen LogP contribution is 2.33. The number of aromatic nitrogens is 2. The van der Waals surface area contributed by atoms with Gasteiger partial charge in [-0.15, -0.1) is 0 Å². The van der Waals surface area contributed by atoms with Crippen LogP contribution < -0.4 is 5.32 Å². The average molecular weight is 450 g/mol. The second-order valence-electron chi connectivity index (χ2n) is 8.45. The van der Waals surface area contributed by atoms with Gasteiger partial charge in [0.15, 0.2) is 5.69 Å². The van der Waals surface area contributed by atoms with Gasteiger partial charge in [0.1, 0.15) is 11.6 Å². The molecule has 1 aromatic heterocycles. The summed E-state index contributed by atoms with van der Waals surface area (Å²) in [6.07, 6.45) is 5.85. The van der Waals surface area contributed by atoms with E-state index in [2.05, 4.69) is 10.4 Å². The molecule has 7 heteroatoms. The molecule has 6 nitrogen and oxygen atoms in total. The van der Waals surface area contributed by atoms with E-state index < -0.39 is 6.04 Å². The highest BCUT2D eigenvalue weighted by atomic mass is 19.1. The highest BCUT2D eigenvalue weighted by molar-refractivity contribution is 5.96. The van der Waals surface area contributed by atoms with Gasteiger partial charge in [0.05, 0.1) is 18.3 Å². The third-order valence-electron chi connectivity index (χ3n) is 5.95. The lowest BCUT2D eigenvalue weighted by Crippen LogP contribution is -2.39. The Kier molecular flexibility index (Phi) is 6.89. The van der Waals surface area contributed by atoms with Crippen molar-refractivity contribution in [1.82, 2.24) is 15.1 Å². The molecule has 1 unspecified atom stereocenters. The number of benzene rings is 2. The van der Waals surface area contributed by atoms with E-state index in [1.54, 1.807) is 35.0 Å². The minimum absolute atomic E-state index is 0.168. The number of nitrogens with one attached hydrogen (secondary N) is 1. The molecule has 1 aliphatic carbocycles. The zero-order valence-electron chi connectivity index (χ0n) is 18.6. The van der Waals surface area contributed by atoms with Gasteiger partial charge in [-0.3, -0.25) is 9.48 Å². The SMILES string of the molecule is Cn1nc(C(=O)NC(CO)Cc2ccc(O)cc2)c2c1C(=Cc1cccc(F)c1)CCCC2. The van der Waals surface area contributed by atoms with E-state index in [-0.39, 0.29) is 24.1 Å². The molecule has 0 aliphatic heterocycles. The maximum absolute atomic E-state index is 13.7. The number of carbonyl (C=O) groups excluding carboxylic acids is 1. The molecule has 0 fully saturated rings. The number of nitrogens with zero attached hydrogens (tertiary/aromatic N) is 2. The van der Waals surface area contributed by atoms with Gasteiger partial charge in [-0.2, -0.15) is 5.10 Å². The van der Waals surface area contributed by atoms with Crippen LogP contribution in [0, 0.1) is 5.82 Å². The lowest BCUT2D eigenvalue weighted by Gasteiger charge is -2.16. The molecule has 1 amide bonds. The molecule has 3 N–H and O–H groups in total. The Bertz CT molecular complexity index is 1170. The van der Waals surface area contributed by atoms with Crippen molar-refractivity contribution in [1.29, 1.82) is 0 Å². The van der Waals surface area contributed by atoms with E-state index in [4.69, 9.17) is 0 Å². The quantitative estimate of drug-likeness (QED) is 0.499. The number of aliphatic hydroxyl groups is 1. The summed E-state index contributed by atoms with van der Waals surface area (Å²) in [5, 5.41) is 26.7. The maximum Gasteiger partial charge on any atom is 0.272 e. The summed E-state index contributed by atoms with van der Waals surface area (Å²) in [6, 6.07) is 12.7. The first-order valence-corrected chi connectivity index (χ1v) is 11.2. The summed E-state index contributed by atoms with van der Waals surface area (Å²) < 4.78 is 15.4. The van der Waals surface area contributed by atoms with Gasteiger partial charge in [0, 0.05) is 12.6 Å². The summed E-state index contributed by atoms with van der Waals surface area (Å²) in [6.45, 7) is -0.216. The van der Waals surface area contributed by atoms with Gasteiger partial charge in [-0.05, 0) is 79.1 Å². The first kappa shape index (κ1) is 22.7. The van der Waals surface area contributed by atoms with Crippen LogP contribution in [0.5, 0.6) is 5.75 Å². The van der Waals surface area contributed by atoms with Crippen LogP contribution in [0.3, 0.4) is 0 Å². The van der Waals surface area contributed by atoms with Crippen LogP contribution in [-0.4, -0.2) is 38.5 Å². The number of hydrogen-bond acceptors (Lipinski definition) is 4. The second kappa shape index (κ2) is 10.0. The standard InChI is InChI=1S/C26H28FN3O3/c1-30-25-19(13-18-5-4-7-20(27)14-18)6-2-3-8-23(25)24(29-30)26(33)28-21(16-31)15-17-9-11-22(32)12-10-17/h4-5,7,9-14,21,31-32H,2-3,6,8,15-16H2,1H3,(H,28,33). The fraction of sp³-hybridized carbons (Fsp3) is 0.308. The normalized spacial score (nSPS) is 15.7. The van der Waals surface area contributed by atoms with Crippen LogP contribution in [0.4, 0.5) is 4.39 Å². The van der Waals surface area contributed by atoms with Crippen LogP contribution in [0.25, 0.3) is 11.6 Å². The molecule has 3 aromatic rings. The van der Waals surface area contributed by atoms with Crippen LogP contribution in [0.15, 0.2) is 48.5 Å². The fourth-order valence-corrected chi connectivity index (χ4v) is 4.39. The Morgan fingerprint density at radius 2 is 1.97 bits per heavy atom. The first-order valence-electron chi connectivity index (χ1n) is 11.2. The summed E-state index contributed by atoms with van der Waals surface area (Å²) in [7, 11) is 1.82. The van der Waals surface area contributed by atoms with Crippen molar-refractivity contribution in [2.75, 3.05) is 6.61 Å². The van der Waals surface area contributed by atoms with Gasteiger partial charge in [-0.1, -0.05) is 24.3 Å². The van der Waals surface area contributed by atoms with Crippen LogP contribution >= 0.6 is 0 Å². The Morgan fingerprint density at radius 3 is 2.70 bits per heavy atom. The van der Waals surface area contributed by atoms with Crippen molar-refractivity contribution in [3.05, 3.63) is 82.4 Å². The summed E-state index contributed by atoms with van der Waals surface area (Å²) >= 11 is 0. The molecule has 1 aliphatic rings. The molecule has 4 rings (SSSR count). The number of halogens is 1. The lowest BCUT2D eigenvalue weighted by atomic mass is 10.0. The number of hydrogen-bond donors (Lipinski definition) is 3. The number of phenols is 1. The zero-order chi connectivity index (χ0) is 23.4. The predicted octanol–water partition coefficient (Wildman–Crippen LogP) is 3.87. The van der Waals surface area contributed by atoms with Crippen molar-refractivity contribution < 1.29 is 19.4 Å². The summed E-state index contributed by atoms with van der Waals surface area (Å²) in [4.78, 5) is 13.2. The molecule has 0 radical (unpaired) electrons. The van der Waals surface area contributed by atoms with Crippen molar-refractivity contribution in [2.45, 2.75) is 38.1 Å². The molecular formula is C26H28FN3O3. The molecule has 0 saturated heterocycles. The molecule has 1 heterocycles. The van der Waals surface area contributed by atoms with Crippen molar-refractivity contribution >= 4 is 17.6 Å². The van der Waals surface area contributed by atoms with Gasteiger partial charge in [0.25, 0.3) is 5.91 Å². The number of carbonyl (C=O) groups is 1. The third-order valence-corrected chi connectivity index (χ3v) is 5.95. The van der Waals surface area contributed by atoms with Crippen LogP contribution in [0.2, 0.25) is 0 Å². The van der Waals surface area contributed by atoms with E-state index in [0.717, 1.165) is 53.6 Å². The topological polar surface area (TPSA) is 87.4 Å². The zero-order valence-corrected chi connectivity index (χ0v) is 18.6. The van der Waals surface area contributed by atoms with Gasteiger partial charge >= 0.3 is 0 Å². The van der Waals surface area contributed by atoms with E-state index in [9.17, 15) is 19.4 Å². The Labute approximate surface area is 192 Å². The van der Waals surface area contributed by atoms with E-state index in [0.29, 0.717) is 12.1 Å². The number of aryl methyl sites for hydroxylation is 1. The van der Waals surface area contributed by atoms with Crippen LogP contribution in [-0.2, 0) is 19.9 Å².